The maximum absolute atomic E-state index is 11.4. The Morgan fingerprint density at radius 3 is 2.71 bits per heavy atom. The number of methoxy groups -OCH3 is 1. The topological polar surface area (TPSA) is 26.3 Å². The van der Waals surface area contributed by atoms with Crippen molar-refractivity contribution < 1.29 is 9.53 Å². The van der Waals surface area contributed by atoms with E-state index in [1.165, 1.54) is 17.6 Å². The maximum Gasteiger partial charge on any atom is 0.333 e. The molecule has 3 heteroatoms. The summed E-state index contributed by atoms with van der Waals surface area (Å²) in [5.41, 5.74) is 2.01. The van der Waals surface area contributed by atoms with Crippen molar-refractivity contribution in [1.29, 1.82) is 0 Å². The molecule has 0 heterocycles. The average Bonchev–Trinajstić information content (AvgIpc) is 2.36. The number of rotatable bonds is 5. The number of thioether (sulfide) groups is 1. The molecule has 0 aliphatic rings. The Morgan fingerprint density at radius 2 is 2.12 bits per heavy atom. The second-order valence-electron chi connectivity index (χ2n) is 3.65. The SMILES string of the molecule is CCC(=CCSc1ccccc1C)C(=O)OC. The van der Waals surface area contributed by atoms with E-state index in [0.29, 0.717) is 6.42 Å². The molecule has 1 aromatic rings. The predicted molar refractivity (Wildman–Crippen MR) is 72.3 cm³/mol. The number of esters is 1. The largest absolute Gasteiger partial charge is 0.466 e. The molecule has 2 nitrogen and oxygen atoms in total. The first-order valence-corrected chi connectivity index (χ1v) is 6.63. The number of hydrogen-bond donors (Lipinski definition) is 0. The fraction of sp³-hybridized carbons (Fsp3) is 0.357. The standard InChI is InChI=1S/C14H18O2S/c1-4-12(14(15)16-3)9-10-17-13-8-6-5-7-11(13)2/h5-9H,4,10H2,1-3H3. The highest BCUT2D eigenvalue weighted by atomic mass is 32.2. The summed E-state index contributed by atoms with van der Waals surface area (Å²) < 4.78 is 4.71. The lowest BCUT2D eigenvalue weighted by Crippen LogP contribution is -2.04. The van der Waals surface area contributed by atoms with Crippen molar-refractivity contribution in [2.24, 2.45) is 0 Å². The molecule has 1 aromatic carbocycles. The van der Waals surface area contributed by atoms with Crippen LogP contribution in [0.1, 0.15) is 18.9 Å². The van der Waals surface area contributed by atoms with Crippen molar-refractivity contribution >= 4 is 17.7 Å². The van der Waals surface area contributed by atoms with Gasteiger partial charge >= 0.3 is 5.97 Å². The lowest BCUT2D eigenvalue weighted by atomic mass is 10.2. The highest BCUT2D eigenvalue weighted by Crippen LogP contribution is 2.22. The smallest absolute Gasteiger partial charge is 0.333 e. The minimum Gasteiger partial charge on any atom is -0.466 e. The minimum absolute atomic E-state index is 0.224. The number of aryl methyl sites for hydroxylation is 1. The van der Waals surface area contributed by atoms with Gasteiger partial charge in [-0.25, -0.2) is 4.79 Å². The third-order valence-corrected chi connectivity index (χ3v) is 3.59. The first-order chi connectivity index (χ1) is 8.19. The Morgan fingerprint density at radius 1 is 1.41 bits per heavy atom. The summed E-state index contributed by atoms with van der Waals surface area (Å²) in [4.78, 5) is 12.6. The van der Waals surface area contributed by atoms with Crippen LogP contribution in [0.2, 0.25) is 0 Å². The van der Waals surface area contributed by atoms with E-state index in [0.717, 1.165) is 11.3 Å². The number of carbonyl (C=O) groups is 1. The molecule has 0 amide bonds. The van der Waals surface area contributed by atoms with E-state index in [1.54, 1.807) is 11.8 Å². The van der Waals surface area contributed by atoms with Gasteiger partial charge in [0.25, 0.3) is 0 Å². The van der Waals surface area contributed by atoms with Gasteiger partial charge in [0, 0.05) is 16.2 Å². The van der Waals surface area contributed by atoms with E-state index in [9.17, 15) is 4.79 Å². The maximum atomic E-state index is 11.4. The van der Waals surface area contributed by atoms with Crippen molar-refractivity contribution in [3.8, 4) is 0 Å². The minimum atomic E-state index is -0.224. The summed E-state index contributed by atoms with van der Waals surface area (Å²) in [5.74, 6) is 0.571. The van der Waals surface area contributed by atoms with Gasteiger partial charge in [-0.15, -0.1) is 11.8 Å². The van der Waals surface area contributed by atoms with Crippen LogP contribution in [0.5, 0.6) is 0 Å². The molecule has 0 aliphatic heterocycles. The fourth-order valence-electron chi connectivity index (χ4n) is 1.45. The molecule has 0 fully saturated rings. The molecule has 0 spiro atoms. The zero-order chi connectivity index (χ0) is 12.7. The Hall–Kier alpha value is -1.22. The molecule has 0 aliphatic carbocycles. The molecule has 0 unspecified atom stereocenters. The van der Waals surface area contributed by atoms with Crippen LogP contribution in [0.25, 0.3) is 0 Å². The second-order valence-corrected chi connectivity index (χ2v) is 4.71. The number of hydrogen-bond acceptors (Lipinski definition) is 3. The van der Waals surface area contributed by atoms with Crippen LogP contribution in [0.15, 0.2) is 40.8 Å². The van der Waals surface area contributed by atoms with E-state index < -0.39 is 0 Å². The molecule has 0 saturated heterocycles. The highest BCUT2D eigenvalue weighted by Gasteiger charge is 2.06. The summed E-state index contributed by atoms with van der Waals surface area (Å²) >= 11 is 1.73. The van der Waals surface area contributed by atoms with Crippen molar-refractivity contribution in [2.75, 3.05) is 12.9 Å². The Balaban J connectivity index is 2.59. The summed E-state index contributed by atoms with van der Waals surface area (Å²) in [6.07, 6.45) is 2.66. The van der Waals surface area contributed by atoms with Crippen molar-refractivity contribution in [3.63, 3.8) is 0 Å². The molecule has 92 valence electrons. The molecular weight excluding hydrogens is 232 g/mol. The molecule has 17 heavy (non-hydrogen) atoms. The third kappa shape index (κ3) is 4.27. The summed E-state index contributed by atoms with van der Waals surface area (Å²) in [6.45, 7) is 4.05. The van der Waals surface area contributed by atoms with Crippen LogP contribution in [-0.2, 0) is 9.53 Å². The van der Waals surface area contributed by atoms with Crippen LogP contribution in [-0.4, -0.2) is 18.8 Å². The van der Waals surface area contributed by atoms with Gasteiger partial charge in [-0.2, -0.15) is 0 Å². The second kappa shape index (κ2) is 7.17. The van der Waals surface area contributed by atoms with Crippen LogP contribution >= 0.6 is 11.8 Å². The van der Waals surface area contributed by atoms with E-state index in [2.05, 4.69) is 19.1 Å². The molecule has 0 bridgehead atoms. The molecule has 0 aromatic heterocycles. The summed E-state index contributed by atoms with van der Waals surface area (Å²) in [5, 5.41) is 0. The molecular formula is C14H18O2S. The highest BCUT2D eigenvalue weighted by molar-refractivity contribution is 7.99. The predicted octanol–water partition coefficient (Wildman–Crippen LogP) is 3.60. The van der Waals surface area contributed by atoms with E-state index >= 15 is 0 Å². The van der Waals surface area contributed by atoms with Gasteiger partial charge in [0.15, 0.2) is 0 Å². The van der Waals surface area contributed by atoms with Crippen LogP contribution in [0.4, 0.5) is 0 Å². The normalized spacial score (nSPS) is 11.4. The number of carbonyl (C=O) groups excluding carboxylic acids is 1. The van der Waals surface area contributed by atoms with E-state index in [1.807, 2.05) is 25.1 Å². The Labute approximate surface area is 107 Å². The molecule has 0 radical (unpaired) electrons. The quantitative estimate of drug-likeness (QED) is 0.454. The first-order valence-electron chi connectivity index (χ1n) is 5.64. The van der Waals surface area contributed by atoms with Gasteiger partial charge in [-0.3, -0.25) is 0 Å². The molecule has 0 atom stereocenters. The Bertz CT molecular complexity index is 410. The van der Waals surface area contributed by atoms with Gasteiger partial charge in [-0.05, 0) is 25.0 Å². The first kappa shape index (κ1) is 13.8. The van der Waals surface area contributed by atoms with E-state index in [-0.39, 0.29) is 5.97 Å². The summed E-state index contributed by atoms with van der Waals surface area (Å²) in [6, 6.07) is 8.24. The number of benzene rings is 1. The molecule has 0 N–H and O–H groups in total. The zero-order valence-corrected chi connectivity index (χ0v) is 11.3. The fourth-order valence-corrected chi connectivity index (χ4v) is 2.39. The monoisotopic (exact) mass is 250 g/mol. The zero-order valence-electron chi connectivity index (χ0n) is 10.5. The number of ether oxygens (including phenoxy) is 1. The van der Waals surface area contributed by atoms with Crippen molar-refractivity contribution in [2.45, 2.75) is 25.2 Å². The van der Waals surface area contributed by atoms with Crippen molar-refractivity contribution in [3.05, 3.63) is 41.5 Å². The average molecular weight is 250 g/mol. The molecule has 0 saturated carbocycles. The van der Waals surface area contributed by atoms with Gasteiger partial charge in [0.1, 0.15) is 0 Å². The lowest BCUT2D eigenvalue weighted by Gasteiger charge is -2.04. The van der Waals surface area contributed by atoms with Gasteiger partial charge in [0.05, 0.1) is 7.11 Å². The van der Waals surface area contributed by atoms with Crippen molar-refractivity contribution in [1.82, 2.24) is 0 Å². The Kier molecular flexibility index (Phi) is 5.84. The summed E-state index contributed by atoms with van der Waals surface area (Å²) in [7, 11) is 1.42. The van der Waals surface area contributed by atoms with Crippen LogP contribution in [0, 0.1) is 6.92 Å². The lowest BCUT2D eigenvalue weighted by molar-refractivity contribution is -0.136. The van der Waals surface area contributed by atoms with Gasteiger partial charge in [0.2, 0.25) is 0 Å². The van der Waals surface area contributed by atoms with E-state index in [4.69, 9.17) is 4.74 Å². The van der Waals surface area contributed by atoms with Gasteiger partial charge < -0.3 is 4.74 Å². The van der Waals surface area contributed by atoms with Gasteiger partial charge in [-0.1, -0.05) is 31.2 Å². The van der Waals surface area contributed by atoms with Crippen LogP contribution < -0.4 is 0 Å². The third-order valence-electron chi connectivity index (χ3n) is 2.49. The van der Waals surface area contributed by atoms with Crippen LogP contribution in [0.3, 0.4) is 0 Å². The molecule has 1 rings (SSSR count).